The molecule has 2 amide bonds. The molecule has 1 heterocycles. The topological polar surface area (TPSA) is 71.1 Å². The molecule has 0 saturated carbocycles. The van der Waals surface area contributed by atoms with Gasteiger partial charge in [-0.05, 0) is 37.3 Å². The molecule has 0 aliphatic rings. The Morgan fingerprint density at radius 2 is 1.91 bits per heavy atom. The fourth-order valence-corrected chi connectivity index (χ4v) is 2.77. The van der Waals surface area contributed by atoms with E-state index in [-0.39, 0.29) is 18.4 Å². The largest absolute Gasteiger partial charge is 0.343 e. The Bertz CT molecular complexity index is 856. The van der Waals surface area contributed by atoms with Crippen molar-refractivity contribution in [2.24, 2.45) is 0 Å². The molecule has 0 atom stereocenters. The van der Waals surface area contributed by atoms with Gasteiger partial charge in [0.1, 0.15) is 0 Å². The number of carbonyl (C=O) groups excluding carboxylic acids is 2. The van der Waals surface area contributed by atoms with Gasteiger partial charge in [-0.15, -0.1) is 11.3 Å². The van der Waals surface area contributed by atoms with Gasteiger partial charge in [0.2, 0.25) is 5.91 Å². The van der Waals surface area contributed by atoms with Crippen molar-refractivity contribution in [3.8, 4) is 0 Å². The van der Waals surface area contributed by atoms with Gasteiger partial charge >= 0.3 is 0 Å². The average molecular weight is 325 g/mol. The van der Waals surface area contributed by atoms with Crippen LogP contribution in [0, 0.1) is 6.92 Å². The monoisotopic (exact) mass is 325 g/mol. The van der Waals surface area contributed by atoms with E-state index in [4.69, 9.17) is 0 Å². The first-order valence-corrected chi connectivity index (χ1v) is 7.98. The molecule has 1 aromatic heterocycles. The third-order valence-corrected chi connectivity index (χ3v) is 4.15. The molecule has 116 valence electrons. The van der Waals surface area contributed by atoms with E-state index in [0.717, 1.165) is 15.8 Å². The number of amides is 2. The van der Waals surface area contributed by atoms with E-state index in [1.54, 1.807) is 29.0 Å². The van der Waals surface area contributed by atoms with Crippen molar-refractivity contribution in [3.05, 3.63) is 59.1 Å². The third-order valence-electron chi connectivity index (χ3n) is 3.34. The molecular weight excluding hydrogens is 310 g/mol. The number of anilines is 1. The number of nitrogens with one attached hydrogen (secondary N) is 2. The summed E-state index contributed by atoms with van der Waals surface area (Å²) in [6, 6.07) is 12.7. The summed E-state index contributed by atoms with van der Waals surface area (Å²) in [5.74, 6) is -0.546. The zero-order chi connectivity index (χ0) is 16.2. The predicted octanol–water partition coefficient (Wildman–Crippen LogP) is 2.97. The number of aryl methyl sites for hydroxylation is 1. The van der Waals surface area contributed by atoms with Crippen LogP contribution in [0.1, 0.15) is 15.9 Å². The van der Waals surface area contributed by atoms with E-state index in [9.17, 15) is 9.59 Å². The summed E-state index contributed by atoms with van der Waals surface area (Å²) in [7, 11) is 0. The van der Waals surface area contributed by atoms with Crippen LogP contribution in [0.15, 0.2) is 48.0 Å². The second-order valence-electron chi connectivity index (χ2n) is 5.13. The first-order valence-electron chi connectivity index (χ1n) is 7.10. The number of nitrogens with zero attached hydrogens (tertiary/aromatic N) is 1. The van der Waals surface area contributed by atoms with Gasteiger partial charge in [0, 0.05) is 11.3 Å². The maximum atomic E-state index is 12.0. The van der Waals surface area contributed by atoms with Crippen molar-refractivity contribution in [2.45, 2.75) is 6.92 Å². The van der Waals surface area contributed by atoms with Gasteiger partial charge in [-0.2, -0.15) is 0 Å². The van der Waals surface area contributed by atoms with Crippen molar-refractivity contribution in [3.63, 3.8) is 0 Å². The van der Waals surface area contributed by atoms with Gasteiger partial charge in [-0.3, -0.25) is 9.59 Å². The molecule has 6 heteroatoms. The summed E-state index contributed by atoms with van der Waals surface area (Å²) in [6.45, 7) is 1.87. The van der Waals surface area contributed by atoms with E-state index in [1.165, 1.54) is 0 Å². The first-order chi connectivity index (χ1) is 11.1. The third kappa shape index (κ3) is 3.73. The molecule has 2 N–H and O–H groups in total. The van der Waals surface area contributed by atoms with Crippen LogP contribution in [0.5, 0.6) is 0 Å². The van der Waals surface area contributed by atoms with E-state index in [2.05, 4.69) is 15.6 Å². The Morgan fingerprint density at radius 1 is 1.13 bits per heavy atom. The second kappa shape index (κ2) is 6.58. The van der Waals surface area contributed by atoms with Crippen LogP contribution in [0.2, 0.25) is 0 Å². The van der Waals surface area contributed by atoms with Crippen molar-refractivity contribution in [1.29, 1.82) is 0 Å². The second-order valence-corrected chi connectivity index (χ2v) is 6.02. The molecule has 0 bridgehead atoms. The highest BCUT2D eigenvalue weighted by atomic mass is 32.1. The fourth-order valence-electron chi connectivity index (χ4n) is 2.11. The summed E-state index contributed by atoms with van der Waals surface area (Å²) in [5.41, 5.74) is 4.89. The minimum absolute atomic E-state index is 0.0815. The van der Waals surface area contributed by atoms with Crippen LogP contribution >= 0.6 is 11.3 Å². The SMILES string of the molecule is Cc1ccc(C(=O)NCC(=O)Nc2ccc3scnc3c2)cc1. The lowest BCUT2D eigenvalue weighted by atomic mass is 10.1. The molecule has 0 saturated heterocycles. The molecule has 23 heavy (non-hydrogen) atoms. The zero-order valence-corrected chi connectivity index (χ0v) is 13.3. The van der Waals surface area contributed by atoms with Gasteiger partial charge < -0.3 is 10.6 Å². The van der Waals surface area contributed by atoms with Crippen LogP contribution in [-0.4, -0.2) is 23.3 Å². The highest BCUT2D eigenvalue weighted by molar-refractivity contribution is 7.16. The minimum atomic E-state index is -0.278. The number of hydrogen-bond donors (Lipinski definition) is 2. The summed E-state index contributed by atoms with van der Waals surface area (Å²) in [5, 5.41) is 5.36. The Labute approximate surface area is 137 Å². The summed E-state index contributed by atoms with van der Waals surface area (Å²) >= 11 is 1.55. The molecule has 0 aliphatic carbocycles. The standard InChI is InChI=1S/C17H15N3O2S/c1-11-2-4-12(5-3-11)17(22)18-9-16(21)20-13-6-7-15-14(8-13)19-10-23-15/h2-8,10H,9H2,1H3,(H,18,22)(H,20,21). The van der Waals surface area contributed by atoms with Crippen LogP contribution in [0.4, 0.5) is 5.69 Å². The van der Waals surface area contributed by atoms with Crippen LogP contribution in [0.3, 0.4) is 0 Å². The summed E-state index contributed by atoms with van der Waals surface area (Å²) in [6.07, 6.45) is 0. The lowest BCUT2D eigenvalue weighted by molar-refractivity contribution is -0.115. The fraction of sp³-hybridized carbons (Fsp3) is 0.118. The van der Waals surface area contributed by atoms with Gasteiger partial charge in [0.05, 0.1) is 22.3 Å². The lowest BCUT2D eigenvalue weighted by Crippen LogP contribution is -2.32. The molecule has 3 rings (SSSR count). The first kappa shape index (κ1) is 15.2. The van der Waals surface area contributed by atoms with Crippen molar-refractivity contribution >= 4 is 39.1 Å². The highest BCUT2D eigenvalue weighted by Crippen LogP contribution is 2.21. The molecule has 3 aromatic rings. The maximum Gasteiger partial charge on any atom is 0.251 e. The number of aromatic nitrogens is 1. The Balaban J connectivity index is 1.56. The van der Waals surface area contributed by atoms with Crippen LogP contribution < -0.4 is 10.6 Å². The van der Waals surface area contributed by atoms with Gasteiger partial charge in [-0.1, -0.05) is 17.7 Å². The normalized spacial score (nSPS) is 10.5. The molecule has 0 spiro atoms. The molecule has 0 fully saturated rings. The number of thiazole rings is 1. The lowest BCUT2D eigenvalue weighted by Gasteiger charge is -2.07. The van der Waals surface area contributed by atoms with E-state index in [1.807, 2.05) is 37.3 Å². The number of carbonyl (C=O) groups is 2. The Hall–Kier alpha value is -2.73. The molecule has 0 aliphatic heterocycles. The number of hydrogen-bond acceptors (Lipinski definition) is 4. The smallest absolute Gasteiger partial charge is 0.251 e. The zero-order valence-electron chi connectivity index (χ0n) is 12.5. The molecule has 5 nitrogen and oxygen atoms in total. The van der Waals surface area contributed by atoms with Gasteiger partial charge in [0.25, 0.3) is 5.91 Å². The Kier molecular flexibility index (Phi) is 4.34. The minimum Gasteiger partial charge on any atom is -0.343 e. The summed E-state index contributed by atoms with van der Waals surface area (Å²) in [4.78, 5) is 28.1. The van der Waals surface area contributed by atoms with E-state index < -0.39 is 0 Å². The summed E-state index contributed by atoms with van der Waals surface area (Å²) < 4.78 is 1.07. The number of rotatable bonds is 4. The maximum absolute atomic E-state index is 12.0. The van der Waals surface area contributed by atoms with Crippen molar-refractivity contribution in [1.82, 2.24) is 10.3 Å². The van der Waals surface area contributed by atoms with E-state index >= 15 is 0 Å². The quantitative estimate of drug-likeness (QED) is 0.775. The predicted molar refractivity (Wildman–Crippen MR) is 91.8 cm³/mol. The van der Waals surface area contributed by atoms with Gasteiger partial charge in [-0.25, -0.2) is 4.98 Å². The van der Waals surface area contributed by atoms with E-state index in [0.29, 0.717) is 11.3 Å². The van der Waals surface area contributed by atoms with Crippen LogP contribution in [0.25, 0.3) is 10.2 Å². The average Bonchev–Trinajstić information content (AvgIpc) is 3.01. The molecular formula is C17H15N3O2S. The van der Waals surface area contributed by atoms with Crippen molar-refractivity contribution in [2.75, 3.05) is 11.9 Å². The molecule has 2 aromatic carbocycles. The Morgan fingerprint density at radius 3 is 2.70 bits per heavy atom. The van der Waals surface area contributed by atoms with Gasteiger partial charge in [0.15, 0.2) is 0 Å². The molecule has 0 unspecified atom stereocenters. The van der Waals surface area contributed by atoms with Crippen LogP contribution in [-0.2, 0) is 4.79 Å². The number of benzene rings is 2. The van der Waals surface area contributed by atoms with Crippen molar-refractivity contribution < 1.29 is 9.59 Å². The number of fused-ring (bicyclic) bond motifs is 1. The highest BCUT2D eigenvalue weighted by Gasteiger charge is 2.08. The molecule has 0 radical (unpaired) electrons.